The molecule has 1 amide bonds. The topological polar surface area (TPSA) is 41.6 Å². The maximum Gasteiger partial charge on any atom is 0.249 e. The lowest BCUT2D eigenvalue weighted by Gasteiger charge is -2.13. The van der Waals surface area contributed by atoms with Crippen LogP contribution in [0, 0.1) is 0 Å². The van der Waals surface area contributed by atoms with Crippen molar-refractivity contribution >= 4 is 11.6 Å². The Morgan fingerprint density at radius 1 is 1.35 bits per heavy atom. The van der Waals surface area contributed by atoms with Crippen molar-refractivity contribution in [2.45, 2.75) is 31.8 Å². The molecule has 0 bridgehead atoms. The van der Waals surface area contributed by atoms with Crippen LogP contribution in [0.4, 0.5) is 5.69 Å². The quantitative estimate of drug-likeness (QED) is 0.808. The van der Waals surface area contributed by atoms with Gasteiger partial charge in [-0.1, -0.05) is 12.1 Å². The van der Waals surface area contributed by atoms with Gasteiger partial charge in [-0.2, -0.15) is 0 Å². The van der Waals surface area contributed by atoms with Gasteiger partial charge >= 0.3 is 0 Å². The smallest absolute Gasteiger partial charge is 0.249 e. The number of hydrogen-bond donors (Lipinski definition) is 1. The van der Waals surface area contributed by atoms with Crippen molar-refractivity contribution < 1.29 is 9.53 Å². The fourth-order valence-electron chi connectivity index (χ4n) is 2.36. The van der Waals surface area contributed by atoms with Crippen molar-refractivity contribution in [3.8, 4) is 0 Å². The molecule has 4 nitrogen and oxygen atoms in total. The third-order valence-electron chi connectivity index (χ3n) is 3.62. The first-order valence-electron chi connectivity index (χ1n) is 7.32. The molecule has 0 aromatic heterocycles. The molecule has 1 aromatic carbocycles. The van der Waals surface area contributed by atoms with E-state index in [0.29, 0.717) is 6.54 Å². The van der Waals surface area contributed by atoms with E-state index in [1.807, 2.05) is 14.1 Å². The highest BCUT2D eigenvalue weighted by Gasteiger charge is 2.22. The van der Waals surface area contributed by atoms with Crippen molar-refractivity contribution in [1.29, 1.82) is 0 Å². The van der Waals surface area contributed by atoms with Gasteiger partial charge in [0, 0.05) is 32.9 Å². The number of rotatable bonds is 6. The summed E-state index contributed by atoms with van der Waals surface area (Å²) in [4.78, 5) is 13.8. The molecule has 0 unspecified atom stereocenters. The van der Waals surface area contributed by atoms with Crippen LogP contribution in [0.3, 0.4) is 0 Å². The predicted octanol–water partition coefficient (Wildman–Crippen LogP) is 1.98. The zero-order valence-electron chi connectivity index (χ0n) is 12.4. The molecule has 0 spiro atoms. The Hall–Kier alpha value is -1.55. The molecule has 4 heteroatoms. The fourth-order valence-corrected chi connectivity index (χ4v) is 2.36. The molecular weight excluding hydrogens is 252 g/mol. The molecule has 2 rings (SSSR count). The minimum absolute atomic E-state index is 0.0467. The molecule has 1 heterocycles. The molecular formula is C16H24N2O2. The van der Waals surface area contributed by atoms with Gasteiger partial charge in [-0.05, 0) is 43.4 Å². The van der Waals surface area contributed by atoms with Crippen molar-refractivity contribution in [3.05, 3.63) is 29.8 Å². The van der Waals surface area contributed by atoms with Crippen LogP contribution in [0.2, 0.25) is 0 Å². The van der Waals surface area contributed by atoms with Crippen molar-refractivity contribution in [3.63, 3.8) is 0 Å². The molecule has 110 valence electrons. The highest BCUT2D eigenvalue weighted by atomic mass is 16.5. The monoisotopic (exact) mass is 276 g/mol. The number of carbonyl (C=O) groups is 1. The lowest BCUT2D eigenvalue weighted by molar-refractivity contribution is -0.130. The minimum atomic E-state index is -0.214. The minimum Gasteiger partial charge on any atom is -0.378 e. The first-order valence-corrected chi connectivity index (χ1v) is 7.32. The lowest BCUT2D eigenvalue weighted by atomic mass is 10.1. The molecule has 1 aromatic rings. The first-order chi connectivity index (χ1) is 9.66. The third kappa shape index (κ3) is 4.23. The normalized spacial score (nSPS) is 18.0. The second-order valence-electron chi connectivity index (χ2n) is 5.46. The average molecular weight is 276 g/mol. The molecule has 1 atom stereocenters. The van der Waals surface area contributed by atoms with Crippen LogP contribution < -0.4 is 10.2 Å². The number of carbonyl (C=O) groups excluding carboxylic acids is 1. The summed E-state index contributed by atoms with van der Waals surface area (Å²) in [6.07, 6.45) is 3.59. The van der Waals surface area contributed by atoms with E-state index in [0.717, 1.165) is 32.3 Å². The van der Waals surface area contributed by atoms with E-state index in [4.69, 9.17) is 4.74 Å². The summed E-state index contributed by atoms with van der Waals surface area (Å²) in [5.74, 6) is 0.0467. The zero-order valence-corrected chi connectivity index (χ0v) is 12.4. The largest absolute Gasteiger partial charge is 0.378 e. The van der Waals surface area contributed by atoms with Crippen LogP contribution in [0.25, 0.3) is 0 Å². The number of amides is 1. The zero-order chi connectivity index (χ0) is 14.4. The summed E-state index contributed by atoms with van der Waals surface area (Å²) in [5.41, 5.74) is 2.52. The highest BCUT2D eigenvalue weighted by Crippen LogP contribution is 2.14. The molecule has 0 aliphatic carbocycles. The third-order valence-corrected chi connectivity index (χ3v) is 3.62. The molecule has 1 N–H and O–H groups in total. The Labute approximate surface area is 121 Å². The van der Waals surface area contributed by atoms with E-state index in [1.165, 1.54) is 11.3 Å². The van der Waals surface area contributed by atoms with Gasteiger partial charge < -0.3 is 15.0 Å². The number of nitrogens with one attached hydrogen (secondary N) is 1. The van der Waals surface area contributed by atoms with E-state index in [-0.39, 0.29) is 12.0 Å². The van der Waals surface area contributed by atoms with Gasteiger partial charge in [0.15, 0.2) is 0 Å². The Morgan fingerprint density at radius 3 is 2.70 bits per heavy atom. The Morgan fingerprint density at radius 2 is 2.10 bits per heavy atom. The summed E-state index contributed by atoms with van der Waals surface area (Å²) < 4.78 is 5.35. The number of nitrogens with zero attached hydrogens (tertiary/aromatic N) is 1. The van der Waals surface area contributed by atoms with E-state index in [9.17, 15) is 4.79 Å². The van der Waals surface area contributed by atoms with Gasteiger partial charge in [0.1, 0.15) is 6.10 Å². The van der Waals surface area contributed by atoms with Crippen molar-refractivity contribution in [2.24, 2.45) is 0 Å². The van der Waals surface area contributed by atoms with Gasteiger partial charge in [-0.3, -0.25) is 4.79 Å². The van der Waals surface area contributed by atoms with Crippen molar-refractivity contribution in [2.75, 3.05) is 32.1 Å². The summed E-state index contributed by atoms with van der Waals surface area (Å²) in [6.45, 7) is 1.43. The van der Waals surface area contributed by atoms with Gasteiger partial charge in [0.2, 0.25) is 5.91 Å². The molecule has 20 heavy (non-hydrogen) atoms. The first kappa shape index (κ1) is 14.9. The van der Waals surface area contributed by atoms with Gasteiger partial charge in [0.25, 0.3) is 0 Å². The number of anilines is 1. The second-order valence-corrected chi connectivity index (χ2v) is 5.46. The van der Waals surface area contributed by atoms with Gasteiger partial charge in [0.05, 0.1) is 0 Å². The average Bonchev–Trinajstić information content (AvgIpc) is 2.98. The maximum absolute atomic E-state index is 11.7. The number of benzene rings is 1. The molecule has 1 aliphatic heterocycles. The molecule has 0 saturated carbocycles. The maximum atomic E-state index is 11.7. The number of ether oxygens (including phenoxy) is 1. The summed E-state index contributed by atoms with van der Waals surface area (Å²) in [6, 6.07) is 8.55. The predicted molar refractivity (Wildman–Crippen MR) is 81.1 cm³/mol. The second kappa shape index (κ2) is 7.29. The summed E-state index contributed by atoms with van der Waals surface area (Å²) in [5, 5.41) is 2.95. The van der Waals surface area contributed by atoms with E-state index in [2.05, 4.69) is 34.5 Å². The van der Waals surface area contributed by atoms with E-state index < -0.39 is 0 Å². The van der Waals surface area contributed by atoms with Crippen LogP contribution in [-0.4, -0.2) is 39.3 Å². The summed E-state index contributed by atoms with van der Waals surface area (Å²) in [7, 11) is 4.07. The molecule has 1 saturated heterocycles. The standard InChI is InChI=1S/C16H24N2O2/c1-18(2)14-9-7-13(8-10-14)5-3-11-17-16(19)15-6-4-12-20-15/h7-10,15H,3-6,11-12H2,1-2H3,(H,17,19)/t15-/m0/s1. The van der Waals surface area contributed by atoms with E-state index >= 15 is 0 Å². The molecule has 1 aliphatic rings. The van der Waals surface area contributed by atoms with E-state index in [1.54, 1.807) is 0 Å². The van der Waals surface area contributed by atoms with Crippen molar-refractivity contribution in [1.82, 2.24) is 5.32 Å². The Kier molecular flexibility index (Phi) is 5.41. The highest BCUT2D eigenvalue weighted by molar-refractivity contribution is 5.80. The molecule has 1 fully saturated rings. The number of aryl methyl sites for hydroxylation is 1. The van der Waals surface area contributed by atoms with Crippen LogP contribution >= 0.6 is 0 Å². The lowest BCUT2D eigenvalue weighted by Crippen LogP contribution is -2.34. The van der Waals surface area contributed by atoms with Crippen LogP contribution in [0.5, 0.6) is 0 Å². The molecule has 0 radical (unpaired) electrons. The Balaban J connectivity index is 1.66. The van der Waals surface area contributed by atoms with Crippen LogP contribution in [0.15, 0.2) is 24.3 Å². The summed E-state index contributed by atoms with van der Waals surface area (Å²) >= 11 is 0. The van der Waals surface area contributed by atoms with Crippen LogP contribution in [0.1, 0.15) is 24.8 Å². The van der Waals surface area contributed by atoms with Gasteiger partial charge in [-0.25, -0.2) is 0 Å². The van der Waals surface area contributed by atoms with Gasteiger partial charge in [-0.15, -0.1) is 0 Å². The fraction of sp³-hybridized carbons (Fsp3) is 0.562. The number of hydrogen-bond acceptors (Lipinski definition) is 3. The van der Waals surface area contributed by atoms with Crippen LogP contribution in [-0.2, 0) is 16.0 Å². The Bertz CT molecular complexity index is 423. The SMILES string of the molecule is CN(C)c1ccc(CCCNC(=O)[C@@H]2CCCO2)cc1.